The topological polar surface area (TPSA) is 50.4 Å². The number of ether oxygens (including phenoxy) is 1. The normalized spacial score (nSPS) is 21.7. The highest BCUT2D eigenvalue weighted by molar-refractivity contribution is 5.93. The van der Waals surface area contributed by atoms with Gasteiger partial charge in [-0.2, -0.15) is 0 Å². The van der Waals surface area contributed by atoms with Crippen molar-refractivity contribution in [3.8, 4) is 0 Å². The van der Waals surface area contributed by atoms with E-state index in [-0.39, 0.29) is 41.8 Å². The molecular weight excluding hydrogens is 367 g/mol. The van der Waals surface area contributed by atoms with Gasteiger partial charge in [0, 0.05) is 13.2 Å². The van der Waals surface area contributed by atoms with Crippen LogP contribution in [-0.4, -0.2) is 19.1 Å². The third kappa shape index (κ3) is 4.15. The molecule has 0 aromatic heterocycles. The minimum atomic E-state index is -0.316. The van der Waals surface area contributed by atoms with E-state index in [4.69, 9.17) is 4.74 Å². The quantitative estimate of drug-likeness (QED) is 0.832. The summed E-state index contributed by atoms with van der Waals surface area (Å²) in [6.07, 6.45) is 1.93. The molecule has 2 aromatic carbocycles. The molecule has 2 N–H and O–H groups in total. The molecule has 1 fully saturated rings. The zero-order chi connectivity index (χ0) is 17.9. The number of halogens is 2. The van der Waals surface area contributed by atoms with Gasteiger partial charge in [0.1, 0.15) is 5.82 Å². The van der Waals surface area contributed by atoms with Crippen LogP contribution >= 0.6 is 12.4 Å². The Labute approximate surface area is 164 Å². The van der Waals surface area contributed by atoms with Gasteiger partial charge in [-0.3, -0.25) is 4.79 Å². The zero-order valence-corrected chi connectivity index (χ0v) is 15.9. The van der Waals surface area contributed by atoms with Crippen molar-refractivity contribution in [1.29, 1.82) is 0 Å². The van der Waals surface area contributed by atoms with E-state index in [1.165, 1.54) is 0 Å². The lowest BCUT2D eigenvalue weighted by Crippen LogP contribution is -2.33. The molecule has 2 aromatic rings. The van der Waals surface area contributed by atoms with Crippen molar-refractivity contribution in [2.24, 2.45) is 5.92 Å². The lowest BCUT2D eigenvalue weighted by molar-refractivity contribution is -0.129. The summed E-state index contributed by atoms with van der Waals surface area (Å²) in [5.74, 6) is -0.792. The number of nitrogens with one attached hydrogen (secondary N) is 2. The van der Waals surface area contributed by atoms with Crippen LogP contribution in [0, 0.1) is 11.7 Å². The molecule has 0 bridgehead atoms. The van der Waals surface area contributed by atoms with Crippen LogP contribution in [0.4, 0.5) is 10.1 Å². The second-order valence-electron chi connectivity index (χ2n) is 6.93. The summed E-state index contributed by atoms with van der Waals surface area (Å²) in [5, 5.41) is 6.05. The third-order valence-electron chi connectivity index (χ3n) is 5.25. The molecule has 0 aliphatic carbocycles. The molecule has 1 amide bonds. The lowest BCUT2D eigenvalue weighted by Gasteiger charge is -2.31. The van der Waals surface area contributed by atoms with Gasteiger partial charge in [0.2, 0.25) is 5.91 Å². The van der Waals surface area contributed by atoms with Crippen molar-refractivity contribution in [2.45, 2.75) is 31.9 Å². The highest BCUT2D eigenvalue weighted by Crippen LogP contribution is 2.35. The first-order chi connectivity index (χ1) is 12.7. The van der Waals surface area contributed by atoms with E-state index in [0.717, 1.165) is 30.5 Å². The number of amides is 1. The van der Waals surface area contributed by atoms with Crippen LogP contribution < -0.4 is 10.6 Å². The fourth-order valence-electron chi connectivity index (χ4n) is 3.88. The van der Waals surface area contributed by atoms with Crippen molar-refractivity contribution >= 4 is 24.0 Å². The molecule has 0 radical (unpaired) electrons. The first kappa shape index (κ1) is 19.8. The Morgan fingerprint density at radius 2 is 2.00 bits per heavy atom. The molecule has 144 valence electrons. The molecule has 0 saturated carbocycles. The van der Waals surface area contributed by atoms with E-state index in [1.807, 2.05) is 36.4 Å². The van der Waals surface area contributed by atoms with Gasteiger partial charge in [-0.1, -0.05) is 36.4 Å². The second kappa shape index (κ2) is 8.83. The van der Waals surface area contributed by atoms with Crippen LogP contribution in [0.25, 0.3) is 0 Å². The smallest absolute Gasteiger partial charge is 0.230 e. The number of anilines is 1. The van der Waals surface area contributed by atoms with Crippen LogP contribution in [0.1, 0.15) is 35.6 Å². The molecule has 0 spiro atoms. The summed E-state index contributed by atoms with van der Waals surface area (Å²) in [7, 11) is 0. The number of hydrogen-bond acceptors (Lipinski definition) is 3. The van der Waals surface area contributed by atoms with Crippen LogP contribution in [0.3, 0.4) is 0 Å². The van der Waals surface area contributed by atoms with E-state index < -0.39 is 0 Å². The minimum Gasteiger partial charge on any atom is -0.373 e. The standard InChI is InChI=1S/C21H23FN2O2.ClH/c22-19-16-10-11-23-13-15(16)8-9-18(19)24-21(25)17-7-4-12-26-20(17)14-5-2-1-3-6-14;/h1-3,5-6,8-9,17,20,23H,4,7,10-13H2,(H,24,25);1H. The predicted molar refractivity (Wildman–Crippen MR) is 106 cm³/mol. The molecule has 2 unspecified atom stereocenters. The molecule has 2 aliphatic heterocycles. The van der Waals surface area contributed by atoms with Gasteiger partial charge < -0.3 is 15.4 Å². The van der Waals surface area contributed by atoms with Crippen LogP contribution in [-0.2, 0) is 22.5 Å². The lowest BCUT2D eigenvalue weighted by atomic mass is 9.88. The van der Waals surface area contributed by atoms with Crippen LogP contribution in [0.5, 0.6) is 0 Å². The van der Waals surface area contributed by atoms with E-state index in [0.29, 0.717) is 25.1 Å². The molecular formula is C21H24ClFN2O2. The average molecular weight is 391 g/mol. The van der Waals surface area contributed by atoms with Crippen molar-refractivity contribution in [3.05, 3.63) is 65.0 Å². The molecule has 4 nitrogen and oxygen atoms in total. The number of hydrogen-bond donors (Lipinski definition) is 2. The number of carbonyl (C=O) groups excluding carboxylic acids is 1. The summed E-state index contributed by atoms with van der Waals surface area (Å²) in [6, 6.07) is 13.3. The molecule has 4 rings (SSSR count). The Morgan fingerprint density at radius 1 is 1.19 bits per heavy atom. The largest absolute Gasteiger partial charge is 0.373 e. The minimum absolute atomic E-state index is 0. The van der Waals surface area contributed by atoms with Gasteiger partial charge >= 0.3 is 0 Å². The van der Waals surface area contributed by atoms with Crippen LogP contribution in [0.2, 0.25) is 0 Å². The predicted octanol–water partition coefficient (Wildman–Crippen LogP) is 4.00. The van der Waals surface area contributed by atoms with Crippen molar-refractivity contribution in [3.63, 3.8) is 0 Å². The first-order valence-electron chi connectivity index (χ1n) is 9.22. The van der Waals surface area contributed by atoms with Gasteiger partial charge in [-0.05, 0) is 48.6 Å². The van der Waals surface area contributed by atoms with Crippen LogP contribution in [0.15, 0.2) is 42.5 Å². The number of fused-ring (bicyclic) bond motifs is 1. The molecule has 1 saturated heterocycles. The van der Waals surface area contributed by atoms with E-state index in [2.05, 4.69) is 10.6 Å². The van der Waals surface area contributed by atoms with E-state index in [1.54, 1.807) is 6.07 Å². The Morgan fingerprint density at radius 3 is 2.81 bits per heavy atom. The summed E-state index contributed by atoms with van der Waals surface area (Å²) >= 11 is 0. The van der Waals surface area contributed by atoms with Gasteiger partial charge in [0.15, 0.2) is 0 Å². The maximum atomic E-state index is 14.8. The Bertz CT molecular complexity index is 800. The maximum Gasteiger partial charge on any atom is 0.230 e. The molecule has 2 heterocycles. The zero-order valence-electron chi connectivity index (χ0n) is 15.0. The Kier molecular flexibility index (Phi) is 6.47. The molecule has 2 aliphatic rings. The van der Waals surface area contributed by atoms with Gasteiger partial charge in [-0.15, -0.1) is 12.4 Å². The summed E-state index contributed by atoms with van der Waals surface area (Å²) in [4.78, 5) is 12.9. The summed E-state index contributed by atoms with van der Waals surface area (Å²) in [6.45, 7) is 2.07. The molecule has 27 heavy (non-hydrogen) atoms. The van der Waals surface area contributed by atoms with Crippen molar-refractivity contribution < 1.29 is 13.9 Å². The average Bonchev–Trinajstić information content (AvgIpc) is 2.71. The second-order valence-corrected chi connectivity index (χ2v) is 6.93. The summed E-state index contributed by atoms with van der Waals surface area (Å²) in [5.41, 5.74) is 2.94. The van der Waals surface area contributed by atoms with Crippen molar-refractivity contribution in [1.82, 2.24) is 5.32 Å². The summed E-state index contributed by atoms with van der Waals surface area (Å²) < 4.78 is 20.7. The highest BCUT2D eigenvalue weighted by atomic mass is 35.5. The fraction of sp³-hybridized carbons (Fsp3) is 0.381. The van der Waals surface area contributed by atoms with Crippen molar-refractivity contribution in [2.75, 3.05) is 18.5 Å². The fourth-order valence-corrected chi connectivity index (χ4v) is 3.88. The third-order valence-corrected chi connectivity index (χ3v) is 5.25. The molecule has 6 heteroatoms. The van der Waals surface area contributed by atoms with Gasteiger partial charge in [0.25, 0.3) is 0 Å². The first-order valence-corrected chi connectivity index (χ1v) is 9.22. The highest BCUT2D eigenvalue weighted by Gasteiger charge is 2.33. The van der Waals surface area contributed by atoms with E-state index >= 15 is 0 Å². The maximum absolute atomic E-state index is 14.8. The SMILES string of the molecule is Cl.O=C(Nc1ccc2c(c1F)CCNC2)C1CCCOC1c1ccccc1. The van der Waals surface area contributed by atoms with E-state index in [9.17, 15) is 9.18 Å². The monoisotopic (exact) mass is 390 g/mol. The number of rotatable bonds is 3. The Hall–Kier alpha value is -1.95. The van der Waals surface area contributed by atoms with Gasteiger partial charge in [-0.25, -0.2) is 4.39 Å². The number of benzene rings is 2. The molecule has 2 atom stereocenters. The Balaban J connectivity index is 0.00000210. The van der Waals surface area contributed by atoms with Gasteiger partial charge in [0.05, 0.1) is 17.7 Å². The number of carbonyl (C=O) groups is 1.